The zero-order chi connectivity index (χ0) is 11.3. The zero-order valence-electron chi connectivity index (χ0n) is 10.0. The van der Waals surface area contributed by atoms with Crippen molar-refractivity contribution < 1.29 is 0 Å². The normalized spacial score (nSPS) is 11.2. The number of aromatic nitrogens is 3. The lowest BCUT2D eigenvalue weighted by Gasteiger charge is -2.13. The standard InChI is InChI=1S/C11H22N4/c1-4-7-10-11(12)13-14-15(10)8-9(5-2)6-3/h9H,4-8,12H2,1-3H3. The quantitative estimate of drug-likeness (QED) is 0.783. The van der Waals surface area contributed by atoms with Gasteiger partial charge < -0.3 is 5.73 Å². The first-order chi connectivity index (χ1) is 7.22. The van der Waals surface area contributed by atoms with E-state index in [0.29, 0.717) is 11.7 Å². The average Bonchev–Trinajstić information content (AvgIpc) is 2.58. The first-order valence-corrected chi connectivity index (χ1v) is 5.90. The van der Waals surface area contributed by atoms with Crippen molar-refractivity contribution in [2.24, 2.45) is 5.92 Å². The highest BCUT2D eigenvalue weighted by Gasteiger charge is 2.12. The number of nitrogens with two attached hydrogens (primary N) is 1. The molecule has 0 aromatic carbocycles. The lowest BCUT2D eigenvalue weighted by Crippen LogP contribution is -2.13. The van der Waals surface area contributed by atoms with Crippen molar-refractivity contribution in [3.05, 3.63) is 5.69 Å². The van der Waals surface area contributed by atoms with Crippen molar-refractivity contribution >= 4 is 5.82 Å². The molecule has 1 heterocycles. The van der Waals surface area contributed by atoms with Crippen LogP contribution in [0.25, 0.3) is 0 Å². The summed E-state index contributed by atoms with van der Waals surface area (Å²) in [5.74, 6) is 1.28. The van der Waals surface area contributed by atoms with Crippen molar-refractivity contribution in [2.75, 3.05) is 5.73 Å². The molecule has 0 atom stereocenters. The zero-order valence-corrected chi connectivity index (χ0v) is 10.0. The predicted octanol–water partition coefficient (Wildman–Crippen LogP) is 2.25. The molecule has 0 amide bonds. The highest BCUT2D eigenvalue weighted by molar-refractivity contribution is 5.32. The minimum atomic E-state index is 0.600. The topological polar surface area (TPSA) is 56.7 Å². The van der Waals surface area contributed by atoms with Gasteiger partial charge in [-0.15, -0.1) is 5.10 Å². The Morgan fingerprint density at radius 3 is 2.47 bits per heavy atom. The number of hydrogen-bond acceptors (Lipinski definition) is 3. The van der Waals surface area contributed by atoms with Crippen LogP contribution in [-0.4, -0.2) is 15.0 Å². The van der Waals surface area contributed by atoms with Crippen molar-refractivity contribution in [3.8, 4) is 0 Å². The Labute approximate surface area is 91.9 Å². The van der Waals surface area contributed by atoms with Gasteiger partial charge in [0.1, 0.15) is 0 Å². The molecule has 4 heteroatoms. The maximum Gasteiger partial charge on any atom is 0.169 e. The molecular weight excluding hydrogens is 188 g/mol. The third kappa shape index (κ3) is 2.94. The molecule has 0 spiro atoms. The second-order valence-corrected chi connectivity index (χ2v) is 4.04. The van der Waals surface area contributed by atoms with Crippen LogP contribution in [0.4, 0.5) is 5.82 Å². The van der Waals surface area contributed by atoms with Gasteiger partial charge in [-0.05, 0) is 12.3 Å². The molecule has 1 aromatic heterocycles. The van der Waals surface area contributed by atoms with Gasteiger partial charge >= 0.3 is 0 Å². The van der Waals surface area contributed by atoms with E-state index < -0.39 is 0 Å². The largest absolute Gasteiger partial charge is 0.381 e. The Morgan fingerprint density at radius 2 is 1.93 bits per heavy atom. The first kappa shape index (κ1) is 12.0. The Bertz CT molecular complexity index is 289. The molecule has 15 heavy (non-hydrogen) atoms. The molecule has 2 N–H and O–H groups in total. The molecule has 0 saturated carbocycles. The van der Waals surface area contributed by atoms with E-state index in [1.165, 1.54) is 12.8 Å². The summed E-state index contributed by atoms with van der Waals surface area (Å²) in [5.41, 5.74) is 6.89. The SMILES string of the molecule is CCCc1c(N)nnn1CC(CC)CC. The molecule has 0 unspecified atom stereocenters. The summed E-state index contributed by atoms with van der Waals surface area (Å²) in [7, 11) is 0. The van der Waals surface area contributed by atoms with Crippen LogP contribution in [0.1, 0.15) is 45.7 Å². The van der Waals surface area contributed by atoms with Gasteiger partial charge in [-0.3, -0.25) is 0 Å². The van der Waals surface area contributed by atoms with Gasteiger partial charge in [0.05, 0.1) is 5.69 Å². The number of rotatable bonds is 6. The van der Waals surface area contributed by atoms with Gasteiger partial charge in [-0.1, -0.05) is 45.2 Å². The summed E-state index contributed by atoms with van der Waals surface area (Å²) in [5, 5.41) is 8.06. The van der Waals surface area contributed by atoms with E-state index in [-0.39, 0.29) is 0 Å². The summed E-state index contributed by atoms with van der Waals surface area (Å²) < 4.78 is 1.98. The van der Waals surface area contributed by atoms with Crippen LogP contribution in [0.5, 0.6) is 0 Å². The second kappa shape index (κ2) is 5.73. The van der Waals surface area contributed by atoms with Crippen molar-refractivity contribution in [1.82, 2.24) is 15.0 Å². The Hall–Kier alpha value is -1.06. The van der Waals surface area contributed by atoms with Crippen molar-refractivity contribution in [3.63, 3.8) is 0 Å². The number of hydrogen-bond donors (Lipinski definition) is 1. The van der Waals surface area contributed by atoms with E-state index >= 15 is 0 Å². The Balaban J connectivity index is 2.75. The molecule has 0 aliphatic rings. The summed E-state index contributed by atoms with van der Waals surface area (Å²) in [6, 6.07) is 0. The van der Waals surface area contributed by atoms with Crippen LogP contribution in [0, 0.1) is 5.92 Å². The van der Waals surface area contributed by atoms with Gasteiger partial charge in [-0.25, -0.2) is 4.68 Å². The third-order valence-corrected chi connectivity index (χ3v) is 2.94. The fourth-order valence-corrected chi connectivity index (χ4v) is 1.78. The van der Waals surface area contributed by atoms with Crippen LogP contribution < -0.4 is 5.73 Å². The fraction of sp³-hybridized carbons (Fsp3) is 0.818. The van der Waals surface area contributed by atoms with E-state index in [2.05, 4.69) is 31.1 Å². The first-order valence-electron chi connectivity index (χ1n) is 5.90. The maximum atomic E-state index is 5.79. The molecule has 0 aliphatic carbocycles. The molecule has 0 fully saturated rings. The van der Waals surface area contributed by atoms with Crippen LogP contribution in [0.2, 0.25) is 0 Å². The van der Waals surface area contributed by atoms with E-state index in [9.17, 15) is 0 Å². The summed E-state index contributed by atoms with van der Waals surface area (Å²) >= 11 is 0. The third-order valence-electron chi connectivity index (χ3n) is 2.94. The van der Waals surface area contributed by atoms with Crippen LogP contribution in [0.15, 0.2) is 0 Å². The summed E-state index contributed by atoms with van der Waals surface area (Å²) in [6.45, 7) is 7.53. The lowest BCUT2D eigenvalue weighted by atomic mass is 10.0. The van der Waals surface area contributed by atoms with Gasteiger partial charge in [0.2, 0.25) is 0 Å². The number of nitrogen functional groups attached to an aromatic ring is 1. The molecule has 0 radical (unpaired) electrons. The average molecular weight is 210 g/mol. The number of nitrogens with zero attached hydrogens (tertiary/aromatic N) is 3. The molecule has 0 bridgehead atoms. The minimum Gasteiger partial charge on any atom is -0.381 e. The molecule has 86 valence electrons. The molecular formula is C11H22N4. The highest BCUT2D eigenvalue weighted by Crippen LogP contribution is 2.15. The van der Waals surface area contributed by atoms with Crippen LogP contribution >= 0.6 is 0 Å². The van der Waals surface area contributed by atoms with Crippen molar-refractivity contribution in [1.29, 1.82) is 0 Å². The van der Waals surface area contributed by atoms with E-state index in [4.69, 9.17) is 5.73 Å². The van der Waals surface area contributed by atoms with E-state index in [0.717, 1.165) is 25.1 Å². The van der Waals surface area contributed by atoms with Gasteiger partial charge in [0.15, 0.2) is 5.82 Å². The Kier molecular flexibility index (Phi) is 4.59. The summed E-state index contributed by atoms with van der Waals surface area (Å²) in [6.07, 6.45) is 4.42. The predicted molar refractivity (Wildman–Crippen MR) is 62.5 cm³/mol. The monoisotopic (exact) mass is 210 g/mol. The molecule has 1 aromatic rings. The number of anilines is 1. The van der Waals surface area contributed by atoms with Crippen LogP contribution in [0.3, 0.4) is 0 Å². The van der Waals surface area contributed by atoms with Gasteiger partial charge in [-0.2, -0.15) is 0 Å². The maximum absolute atomic E-state index is 5.79. The smallest absolute Gasteiger partial charge is 0.169 e. The van der Waals surface area contributed by atoms with Crippen molar-refractivity contribution in [2.45, 2.75) is 53.0 Å². The Morgan fingerprint density at radius 1 is 1.27 bits per heavy atom. The molecule has 0 saturated heterocycles. The van der Waals surface area contributed by atoms with Gasteiger partial charge in [0.25, 0.3) is 0 Å². The minimum absolute atomic E-state index is 0.600. The molecule has 4 nitrogen and oxygen atoms in total. The molecule has 1 rings (SSSR count). The van der Waals surface area contributed by atoms with E-state index in [1.807, 2.05) is 4.68 Å². The summed E-state index contributed by atoms with van der Waals surface area (Å²) in [4.78, 5) is 0. The highest BCUT2D eigenvalue weighted by atomic mass is 15.4. The lowest BCUT2D eigenvalue weighted by molar-refractivity contribution is 0.382. The van der Waals surface area contributed by atoms with E-state index in [1.54, 1.807) is 0 Å². The second-order valence-electron chi connectivity index (χ2n) is 4.04. The molecule has 0 aliphatic heterocycles. The fourth-order valence-electron chi connectivity index (χ4n) is 1.78. The van der Waals surface area contributed by atoms with Crippen LogP contribution in [-0.2, 0) is 13.0 Å². The van der Waals surface area contributed by atoms with Gasteiger partial charge in [0, 0.05) is 6.54 Å².